The van der Waals surface area contributed by atoms with E-state index in [4.69, 9.17) is 0 Å². The number of hydrogen-bond donors (Lipinski definition) is 1. The first-order chi connectivity index (χ1) is 3.66. The van der Waals surface area contributed by atoms with Crippen molar-refractivity contribution < 1.29 is 9.53 Å². The summed E-state index contributed by atoms with van der Waals surface area (Å²) in [5.74, 6) is -0.613. The summed E-state index contributed by atoms with van der Waals surface area (Å²) < 4.78 is 0.475. The molecule has 0 bridgehead atoms. The standard InChI is InChI=1S/C4H8N2O2/c1-2-6(8)3-4(5)7/h2H,3H2,1H3,(H2,5,7)/b6-2-. The zero-order valence-electron chi connectivity index (χ0n) is 4.63. The Bertz CT molecular complexity index is 119. The topological polar surface area (TPSA) is 69.2 Å². The van der Waals surface area contributed by atoms with Crippen LogP contribution in [0.5, 0.6) is 0 Å². The minimum absolute atomic E-state index is 0.253. The second-order valence-corrected chi connectivity index (χ2v) is 1.30. The van der Waals surface area contributed by atoms with E-state index in [1.54, 1.807) is 0 Å². The summed E-state index contributed by atoms with van der Waals surface area (Å²) in [6, 6.07) is 0. The second kappa shape index (κ2) is 3.01. The van der Waals surface area contributed by atoms with Crippen molar-refractivity contribution >= 4 is 12.1 Å². The molecule has 0 aliphatic heterocycles. The van der Waals surface area contributed by atoms with Gasteiger partial charge in [-0.25, -0.2) is 4.74 Å². The lowest BCUT2D eigenvalue weighted by molar-refractivity contribution is -0.440. The highest BCUT2D eigenvalue weighted by molar-refractivity contribution is 5.75. The van der Waals surface area contributed by atoms with Crippen molar-refractivity contribution in [1.82, 2.24) is 0 Å². The largest absolute Gasteiger partial charge is 0.624 e. The van der Waals surface area contributed by atoms with Gasteiger partial charge < -0.3 is 10.9 Å². The monoisotopic (exact) mass is 116 g/mol. The van der Waals surface area contributed by atoms with E-state index in [0.29, 0.717) is 4.74 Å². The van der Waals surface area contributed by atoms with E-state index >= 15 is 0 Å². The number of carbonyl (C=O) groups is 1. The molecule has 0 atom stereocenters. The van der Waals surface area contributed by atoms with Crippen LogP contribution in [0.1, 0.15) is 6.92 Å². The molecule has 8 heavy (non-hydrogen) atoms. The number of primary amides is 1. The number of nitrogens with two attached hydrogens (primary N) is 1. The van der Waals surface area contributed by atoms with Crippen LogP contribution in [0.15, 0.2) is 0 Å². The lowest BCUT2D eigenvalue weighted by Crippen LogP contribution is -2.23. The van der Waals surface area contributed by atoms with E-state index in [2.05, 4.69) is 5.73 Å². The Labute approximate surface area is 47.2 Å². The van der Waals surface area contributed by atoms with Gasteiger partial charge in [-0.15, -0.1) is 0 Å². The van der Waals surface area contributed by atoms with E-state index < -0.39 is 5.91 Å². The zero-order chi connectivity index (χ0) is 6.57. The van der Waals surface area contributed by atoms with Gasteiger partial charge in [0.1, 0.15) is 6.21 Å². The average Bonchev–Trinajstić information content (AvgIpc) is 1.65. The first-order valence-electron chi connectivity index (χ1n) is 2.18. The van der Waals surface area contributed by atoms with Crippen LogP contribution in [-0.4, -0.2) is 23.4 Å². The Kier molecular flexibility index (Phi) is 2.61. The van der Waals surface area contributed by atoms with Gasteiger partial charge in [0.25, 0.3) is 5.91 Å². The van der Waals surface area contributed by atoms with E-state index in [1.165, 1.54) is 13.1 Å². The molecular formula is C4H8N2O2. The van der Waals surface area contributed by atoms with Crippen LogP contribution >= 0.6 is 0 Å². The van der Waals surface area contributed by atoms with Gasteiger partial charge in [-0.05, 0) is 0 Å². The maximum atomic E-state index is 10.2. The van der Waals surface area contributed by atoms with Crippen LogP contribution in [0.2, 0.25) is 0 Å². The first kappa shape index (κ1) is 6.94. The maximum absolute atomic E-state index is 10.2. The van der Waals surface area contributed by atoms with Crippen molar-refractivity contribution in [2.45, 2.75) is 6.92 Å². The van der Waals surface area contributed by atoms with Crippen LogP contribution in [0.25, 0.3) is 0 Å². The molecule has 0 saturated carbocycles. The molecule has 0 rings (SSSR count). The number of amides is 1. The summed E-state index contributed by atoms with van der Waals surface area (Å²) >= 11 is 0. The molecule has 0 aromatic carbocycles. The number of nitrogens with zero attached hydrogens (tertiary/aromatic N) is 1. The second-order valence-electron chi connectivity index (χ2n) is 1.30. The number of rotatable bonds is 2. The predicted molar refractivity (Wildman–Crippen MR) is 29.4 cm³/mol. The molecule has 0 saturated heterocycles. The Morgan fingerprint density at radius 3 is 2.62 bits per heavy atom. The molecule has 0 aromatic rings. The average molecular weight is 116 g/mol. The normalized spacial score (nSPS) is 11.4. The summed E-state index contributed by atoms with van der Waals surface area (Å²) in [5.41, 5.74) is 4.67. The Balaban J connectivity index is 3.56. The fourth-order valence-electron chi connectivity index (χ4n) is 0.245. The van der Waals surface area contributed by atoms with Gasteiger partial charge in [-0.2, -0.15) is 0 Å². The summed E-state index contributed by atoms with van der Waals surface area (Å²) in [6.45, 7) is 1.28. The molecule has 46 valence electrons. The van der Waals surface area contributed by atoms with E-state index in [9.17, 15) is 10.0 Å². The van der Waals surface area contributed by atoms with Crippen LogP contribution in [-0.2, 0) is 4.79 Å². The van der Waals surface area contributed by atoms with Gasteiger partial charge in [-0.1, -0.05) is 0 Å². The maximum Gasteiger partial charge on any atom is 0.284 e. The molecule has 0 aromatic heterocycles. The molecule has 4 heteroatoms. The fraction of sp³-hybridized carbons (Fsp3) is 0.500. The van der Waals surface area contributed by atoms with Crippen molar-refractivity contribution in [1.29, 1.82) is 0 Å². The molecule has 0 aliphatic carbocycles. The third-order valence-electron chi connectivity index (χ3n) is 0.600. The van der Waals surface area contributed by atoms with Crippen molar-refractivity contribution in [3.05, 3.63) is 5.21 Å². The summed E-state index contributed by atoms with van der Waals surface area (Å²) in [6.07, 6.45) is 1.24. The summed E-state index contributed by atoms with van der Waals surface area (Å²) in [5, 5.41) is 10.2. The Morgan fingerprint density at radius 1 is 2.00 bits per heavy atom. The molecule has 1 amide bonds. The van der Waals surface area contributed by atoms with Gasteiger partial charge in [0.15, 0.2) is 0 Å². The summed E-state index contributed by atoms with van der Waals surface area (Å²) in [7, 11) is 0. The van der Waals surface area contributed by atoms with E-state index in [-0.39, 0.29) is 6.54 Å². The van der Waals surface area contributed by atoms with Crippen molar-refractivity contribution in [3.63, 3.8) is 0 Å². The smallest absolute Gasteiger partial charge is 0.284 e. The van der Waals surface area contributed by atoms with Gasteiger partial charge >= 0.3 is 0 Å². The molecule has 0 unspecified atom stereocenters. The lowest BCUT2D eigenvalue weighted by Gasteiger charge is -1.96. The van der Waals surface area contributed by atoms with Gasteiger partial charge in [0, 0.05) is 6.92 Å². The predicted octanol–water partition coefficient (Wildman–Crippen LogP) is -0.927. The quantitative estimate of drug-likeness (QED) is 0.219. The highest BCUT2D eigenvalue weighted by Crippen LogP contribution is 1.64. The fourth-order valence-corrected chi connectivity index (χ4v) is 0.245. The highest BCUT2D eigenvalue weighted by Gasteiger charge is 1.95. The molecule has 0 radical (unpaired) electrons. The van der Waals surface area contributed by atoms with Gasteiger partial charge in [0.2, 0.25) is 6.54 Å². The molecule has 0 spiro atoms. The summed E-state index contributed by atoms with van der Waals surface area (Å²) in [4.78, 5) is 9.93. The number of hydroxylamine groups is 1. The third kappa shape index (κ3) is 3.14. The van der Waals surface area contributed by atoms with E-state index in [1.807, 2.05) is 0 Å². The SMILES string of the molecule is C/C=[N+](\[O-])CC(N)=O. The lowest BCUT2D eigenvalue weighted by atomic mass is 10.6. The van der Waals surface area contributed by atoms with Crippen molar-refractivity contribution in [2.24, 2.45) is 5.73 Å². The van der Waals surface area contributed by atoms with Crippen LogP contribution in [0.4, 0.5) is 0 Å². The molecular weight excluding hydrogens is 108 g/mol. The Morgan fingerprint density at radius 2 is 2.50 bits per heavy atom. The van der Waals surface area contributed by atoms with Crippen molar-refractivity contribution in [3.8, 4) is 0 Å². The van der Waals surface area contributed by atoms with Crippen LogP contribution in [0, 0.1) is 5.21 Å². The molecule has 0 heterocycles. The zero-order valence-corrected chi connectivity index (χ0v) is 4.63. The third-order valence-corrected chi connectivity index (χ3v) is 0.600. The van der Waals surface area contributed by atoms with Crippen LogP contribution in [0.3, 0.4) is 0 Å². The van der Waals surface area contributed by atoms with Crippen molar-refractivity contribution in [2.75, 3.05) is 6.54 Å². The van der Waals surface area contributed by atoms with Gasteiger partial charge in [0.05, 0.1) is 0 Å². The first-order valence-corrected chi connectivity index (χ1v) is 2.18. The number of carbonyl (C=O) groups excluding carboxylic acids is 1. The highest BCUT2D eigenvalue weighted by atomic mass is 16.5. The molecule has 0 fully saturated rings. The van der Waals surface area contributed by atoms with E-state index in [0.717, 1.165) is 0 Å². The minimum Gasteiger partial charge on any atom is -0.624 e. The number of hydrogen-bond acceptors (Lipinski definition) is 2. The molecule has 4 nitrogen and oxygen atoms in total. The Hall–Kier alpha value is -1.06. The minimum atomic E-state index is -0.613. The molecule has 2 N–H and O–H groups in total. The van der Waals surface area contributed by atoms with Gasteiger partial charge in [-0.3, -0.25) is 4.79 Å². The molecule has 0 aliphatic rings. The van der Waals surface area contributed by atoms with Crippen LogP contribution < -0.4 is 5.73 Å².